The molecule has 0 bridgehead atoms. The number of carbonyl (C=O) groups excluding carboxylic acids is 1. The topological polar surface area (TPSA) is 98.8 Å². The van der Waals surface area contributed by atoms with E-state index in [1.165, 1.54) is 18.2 Å². The molecule has 0 saturated carbocycles. The number of nitrogens with one attached hydrogen (secondary N) is 1. The summed E-state index contributed by atoms with van der Waals surface area (Å²) in [4.78, 5) is 27.5. The fourth-order valence-corrected chi connectivity index (χ4v) is 3.20. The highest BCUT2D eigenvalue weighted by molar-refractivity contribution is 6.30. The van der Waals surface area contributed by atoms with E-state index in [1.807, 2.05) is 35.0 Å². The van der Waals surface area contributed by atoms with Crippen LogP contribution in [-0.2, 0) is 6.42 Å². The summed E-state index contributed by atoms with van der Waals surface area (Å²) in [6.07, 6.45) is 4.46. The van der Waals surface area contributed by atoms with Crippen LogP contribution in [0.3, 0.4) is 0 Å². The highest BCUT2D eigenvalue weighted by atomic mass is 35.5. The van der Waals surface area contributed by atoms with E-state index in [4.69, 9.17) is 16.3 Å². The normalized spacial score (nSPS) is 10.7. The largest absolute Gasteiger partial charge is 0.450 e. The Balaban J connectivity index is 1.35. The summed E-state index contributed by atoms with van der Waals surface area (Å²) in [6, 6.07) is 16.3. The molecular formula is C22H17ClN4O4. The molecule has 1 amide bonds. The molecule has 0 radical (unpaired) electrons. The van der Waals surface area contributed by atoms with Crippen molar-refractivity contribution in [1.82, 2.24) is 14.7 Å². The maximum atomic E-state index is 12.4. The number of amides is 1. The second-order valence-corrected chi connectivity index (χ2v) is 7.14. The van der Waals surface area contributed by atoms with Crippen LogP contribution >= 0.6 is 11.6 Å². The minimum absolute atomic E-state index is 0.0686. The average molecular weight is 437 g/mol. The number of nitro groups is 1. The molecule has 1 N–H and O–H groups in total. The first-order valence-corrected chi connectivity index (χ1v) is 9.80. The quantitative estimate of drug-likeness (QED) is 0.335. The molecule has 9 heteroatoms. The third kappa shape index (κ3) is 4.81. The van der Waals surface area contributed by atoms with E-state index in [2.05, 4.69) is 10.3 Å². The van der Waals surface area contributed by atoms with E-state index >= 15 is 0 Å². The predicted octanol–water partition coefficient (Wildman–Crippen LogP) is 4.66. The number of imidazole rings is 1. The fourth-order valence-electron chi connectivity index (χ4n) is 3.03. The SMILES string of the molecule is O=C(NCCc1cn2ccccc2n1)c1ccc(Oc2ccc(Cl)cc2[N+](=O)[O-])cc1. The number of rotatable bonds is 7. The highest BCUT2D eigenvalue weighted by Crippen LogP contribution is 2.33. The summed E-state index contributed by atoms with van der Waals surface area (Å²) >= 11 is 5.81. The second-order valence-electron chi connectivity index (χ2n) is 6.70. The van der Waals surface area contributed by atoms with Crippen molar-refractivity contribution in [3.63, 3.8) is 0 Å². The maximum absolute atomic E-state index is 12.4. The van der Waals surface area contributed by atoms with E-state index in [0.29, 0.717) is 24.3 Å². The molecule has 0 aliphatic heterocycles. The highest BCUT2D eigenvalue weighted by Gasteiger charge is 2.16. The molecule has 2 aromatic carbocycles. The molecule has 0 spiro atoms. The molecule has 4 rings (SSSR count). The molecule has 4 aromatic rings. The Labute approximate surface area is 182 Å². The molecule has 0 aliphatic carbocycles. The number of hydrogen-bond donors (Lipinski definition) is 1. The number of carbonyl (C=O) groups is 1. The van der Waals surface area contributed by atoms with Crippen LogP contribution in [0.2, 0.25) is 5.02 Å². The molecule has 156 valence electrons. The first-order chi connectivity index (χ1) is 15.0. The molecule has 2 heterocycles. The van der Waals surface area contributed by atoms with Gasteiger partial charge in [0.1, 0.15) is 11.4 Å². The summed E-state index contributed by atoms with van der Waals surface area (Å²) in [5, 5.41) is 14.3. The maximum Gasteiger partial charge on any atom is 0.313 e. The number of hydrogen-bond acceptors (Lipinski definition) is 5. The van der Waals surface area contributed by atoms with Crippen molar-refractivity contribution in [2.45, 2.75) is 6.42 Å². The molecule has 0 atom stereocenters. The summed E-state index contributed by atoms with van der Waals surface area (Å²) in [5.74, 6) is 0.207. The van der Waals surface area contributed by atoms with Crippen molar-refractivity contribution in [3.8, 4) is 11.5 Å². The van der Waals surface area contributed by atoms with Crippen LogP contribution in [0.5, 0.6) is 11.5 Å². The Morgan fingerprint density at radius 2 is 1.97 bits per heavy atom. The Morgan fingerprint density at radius 1 is 1.16 bits per heavy atom. The third-order valence-corrected chi connectivity index (χ3v) is 4.78. The van der Waals surface area contributed by atoms with Crippen LogP contribution in [-0.4, -0.2) is 26.8 Å². The van der Waals surface area contributed by atoms with Gasteiger partial charge < -0.3 is 14.5 Å². The Bertz CT molecular complexity index is 1220. The Hall–Kier alpha value is -3.91. The van der Waals surface area contributed by atoms with Gasteiger partial charge in [0.2, 0.25) is 5.75 Å². The van der Waals surface area contributed by atoms with Gasteiger partial charge in [-0.25, -0.2) is 4.98 Å². The standard InChI is InChI=1S/C22H17ClN4O4/c23-16-6-9-20(19(13-16)27(29)30)31-18-7-4-15(5-8-18)22(28)24-11-10-17-14-26-12-2-1-3-21(26)25-17/h1-9,12-14H,10-11H2,(H,24,28). The zero-order valence-corrected chi connectivity index (χ0v) is 17.0. The predicted molar refractivity (Wildman–Crippen MR) is 116 cm³/mol. The van der Waals surface area contributed by atoms with Gasteiger partial charge in [0.15, 0.2) is 0 Å². The number of ether oxygens (including phenoxy) is 1. The van der Waals surface area contributed by atoms with Crippen LogP contribution in [0.4, 0.5) is 5.69 Å². The number of aromatic nitrogens is 2. The first kappa shape index (κ1) is 20.4. The number of nitrogens with zero attached hydrogens (tertiary/aromatic N) is 3. The number of fused-ring (bicyclic) bond motifs is 1. The van der Waals surface area contributed by atoms with Gasteiger partial charge in [-0.15, -0.1) is 0 Å². The van der Waals surface area contributed by atoms with Gasteiger partial charge in [0.25, 0.3) is 5.91 Å². The first-order valence-electron chi connectivity index (χ1n) is 9.42. The lowest BCUT2D eigenvalue weighted by atomic mass is 10.2. The van der Waals surface area contributed by atoms with Gasteiger partial charge in [-0.2, -0.15) is 0 Å². The fraction of sp³-hybridized carbons (Fsp3) is 0.0909. The lowest BCUT2D eigenvalue weighted by molar-refractivity contribution is -0.385. The summed E-state index contributed by atoms with van der Waals surface area (Å²) < 4.78 is 7.52. The van der Waals surface area contributed by atoms with E-state index in [9.17, 15) is 14.9 Å². The summed E-state index contributed by atoms with van der Waals surface area (Å²) in [5.41, 5.74) is 1.97. The van der Waals surface area contributed by atoms with E-state index in [-0.39, 0.29) is 22.4 Å². The molecule has 31 heavy (non-hydrogen) atoms. The van der Waals surface area contributed by atoms with Crippen LogP contribution in [0.25, 0.3) is 5.65 Å². The van der Waals surface area contributed by atoms with Crippen LogP contribution < -0.4 is 10.1 Å². The van der Waals surface area contributed by atoms with E-state index in [1.54, 1.807) is 24.3 Å². The zero-order valence-electron chi connectivity index (χ0n) is 16.2. The minimum atomic E-state index is -0.563. The average Bonchev–Trinajstić information content (AvgIpc) is 3.18. The summed E-state index contributed by atoms with van der Waals surface area (Å²) in [6.45, 7) is 0.442. The van der Waals surface area contributed by atoms with Crippen molar-refractivity contribution < 1.29 is 14.5 Å². The molecule has 8 nitrogen and oxygen atoms in total. The minimum Gasteiger partial charge on any atom is -0.450 e. The van der Waals surface area contributed by atoms with Crippen molar-refractivity contribution in [1.29, 1.82) is 0 Å². The van der Waals surface area contributed by atoms with Crippen molar-refractivity contribution in [2.75, 3.05) is 6.54 Å². The van der Waals surface area contributed by atoms with Gasteiger partial charge in [-0.05, 0) is 48.5 Å². The number of pyridine rings is 1. The second kappa shape index (κ2) is 8.85. The van der Waals surface area contributed by atoms with Gasteiger partial charge in [-0.1, -0.05) is 17.7 Å². The van der Waals surface area contributed by atoms with Gasteiger partial charge in [0.05, 0.1) is 10.6 Å². The van der Waals surface area contributed by atoms with Crippen molar-refractivity contribution in [2.24, 2.45) is 0 Å². The third-order valence-electron chi connectivity index (χ3n) is 4.54. The molecule has 0 saturated heterocycles. The zero-order chi connectivity index (χ0) is 21.8. The van der Waals surface area contributed by atoms with Crippen molar-refractivity contribution in [3.05, 3.63) is 99.5 Å². The van der Waals surface area contributed by atoms with Gasteiger partial charge in [0, 0.05) is 42.0 Å². The van der Waals surface area contributed by atoms with Crippen LogP contribution in [0.15, 0.2) is 73.1 Å². The number of nitro benzene ring substituents is 1. The summed E-state index contributed by atoms with van der Waals surface area (Å²) in [7, 11) is 0. The van der Waals surface area contributed by atoms with E-state index in [0.717, 1.165) is 11.3 Å². The molecule has 2 aromatic heterocycles. The molecule has 0 fully saturated rings. The number of benzene rings is 2. The molecular weight excluding hydrogens is 420 g/mol. The smallest absolute Gasteiger partial charge is 0.313 e. The lowest BCUT2D eigenvalue weighted by Crippen LogP contribution is -2.25. The lowest BCUT2D eigenvalue weighted by Gasteiger charge is -2.08. The molecule has 0 unspecified atom stereocenters. The van der Waals surface area contributed by atoms with Gasteiger partial charge >= 0.3 is 5.69 Å². The molecule has 0 aliphatic rings. The Morgan fingerprint density at radius 3 is 2.71 bits per heavy atom. The van der Waals surface area contributed by atoms with Gasteiger partial charge in [-0.3, -0.25) is 14.9 Å². The van der Waals surface area contributed by atoms with Crippen LogP contribution in [0.1, 0.15) is 16.1 Å². The Kier molecular flexibility index (Phi) is 5.81. The van der Waals surface area contributed by atoms with Crippen LogP contribution in [0, 0.1) is 10.1 Å². The number of halogens is 1. The van der Waals surface area contributed by atoms with E-state index < -0.39 is 4.92 Å². The van der Waals surface area contributed by atoms with Crippen molar-refractivity contribution >= 4 is 28.8 Å². The monoisotopic (exact) mass is 436 g/mol.